The molecule has 0 radical (unpaired) electrons. The number of rotatable bonds is 4. The van der Waals surface area contributed by atoms with E-state index in [0.717, 1.165) is 5.56 Å². The maximum Gasteiger partial charge on any atom is 0.222 e. The summed E-state index contributed by atoms with van der Waals surface area (Å²) in [4.78, 5) is 7.92. The third-order valence-electron chi connectivity index (χ3n) is 2.74. The molecule has 7 heteroatoms. The molecule has 20 heavy (non-hydrogen) atoms. The Labute approximate surface area is 116 Å². The second kappa shape index (κ2) is 5.52. The Morgan fingerprint density at radius 3 is 2.15 bits per heavy atom. The van der Waals surface area contributed by atoms with Crippen molar-refractivity contribution in [3.63, 3.8) is 0 Å². The second-order valence-electron chi connectivity index (χ2n) is 4.17. The molecule has 0 fully saturated rings. The van der Waals surface area contributed by atoms with Crippen molar-refractivity contribution in [1.82, 2.24) is 9.97 Å². The van der Waals surface area contributed by atoms with E-state index in [-0.39, 0.29) is 11.7 Å². The van der Waals surface area contributed by atoms with Crippen LogP contribution in [0.5, 0.6) is 17.2 Å². The first-order valence-electron chi connectivity index (χ1n) is 5.86. The Hall–Kier alpha value is -2.70. The SMILES string of the molecule is COc1cc(Cc2cc(N)nc(N)n2)cc(OC)c1O. The molecule has 0 aliphatic heterocycles. The van der Waals surface area contributed by atoms with Crippen LogP contribution in [0.25, 0.3) is 0 Å². The van der Waals surface area contributed by atoms with Gasteiger partial charge >= 0.3 is 0 Å². The van der Waals surface area contributed by atoms with Gasteiger partial charge in [-0.3, -0.25) is 0 Å². The van der Waals surface area contributed by atoms with Crippen LogP contribution in [0.1, 0.15) is 11.3 Å². The maximum atomic E-state index is 9.85. The highest BCUT2D eigenvalue weighted by atomic mass is 16.5. The minimum absolute atomic E-state index is 0.0412. The van der Waals surface area contributed by atoms with Gasteiger partial charge < -0.3 is 26.0 Å². The first-order valence-corrected chi connectivity index (χ1v) is 5.86. The predicted molar refractivity (Wildman–Crippen MR) is 74.9 cm³/mol. The Morgan fingerprint density at radius 1 is 1.05 bits per heavy atom. The van der Waals surface area contributed by atoms with Crippen molar-refractivity contribution in [2.45, 2.75) is 6.42 Å². The number of phenolic OH excluding ortho intramolecular Hbond substituents is 1. The van der Waals surface area contributed by atoms with Gasteiger partial charge in [-0.1, -0.05) is 0 Å². The summed E-state index contributed by atoms with van der Waals surface area (Å²) >= 11 is 0. The summed E-state index contributed by atoms with van der Waals surface area (Å²) in [5, 5.41) is 9.85. The lowest BCUT2D eigenvalue weighted by molar-refractivity contribution is 0.339. The highest BCUT2D eigenvalue weighted by molar-refractivity contribution is 5.53. The number of aromatic hydroxyl groups is 1. The first-order chi connectivity index (χ1) is 9.53. The highest BCUT2D eigenvalue weighted by Gasteiger charge is 2.12. The van der Waals surface area contributed by atoms with E-state index in [1.54, 1.807) is 18.2 Å². The van der Waals surface area contributed by atoms with Crippen molar-refractivity contribution >= 4 is 11.8 Å². The Morgan fingerprint density at radius 2 is 1.65 bits per heavy atom. The molecule has 0 saturated heterocycles. The molecule has 0 bridgehead atoms. The molecular formula is C13H16N4O3. The number of ether oxygens (including phenoxy) is 2. The molecule has 2 aromatic rings. The van der Waals surface area contributed by atoms with Crippen molar-refractivity contribution < 1.29 is 14.6 Å². The summed E-state index contributed by atoms with van der Waals surface area (Å²) < 4.78 is 10.2. The molecule has 0 atom stereocenters. The van der Waals surface area contributed by atoms with Crippen LogP contribution in [0.4, 0.5) is 11.8 Å². The van der Waals surface area contributed by atoms with E-state index < -0.39 is 0 Å². The van der Waals surface area contributed by atoms with Crippen LogP contribution >= 0.6 is 0 Å². The van der Waals surface area contributed by atoms with Crippen LogP contribution in [-0.4, -0.2) is 29.3 Å². The molecule has 0 unspecified atom stereocenters. The molecular weight excluding hydrogens is 260 g/mol. The standard InChI is InChI=1S/C13H16N4O3/c1-19-9-4-7(5-10(20-2)12(9)18)3-8-6-11(14)17-13(15)16-8/h4-6,18H,3H2,1-2H3,(H4,14,15,16,17). The summed E-state index contributed by atoms with van der Waals surface area (Å²) in [6.45, 7) is 0. The van der Waals surface area contributed by atoms with E-state index in [4.69, 9.17) is 20.9 Å². The van der Waals surface area contributed by atoms with Crippen molar-refractivity contribution in [3.8, 4) is 17.2 Å². The zero-order valence-corrected chi connectivity index (χ0v) is 11.3. The number of anilines is 2. The molecule has 2 rings (SSSR count). The van der Waals surface area contributed by atoms with E-state index in [1.807, 2.05) is 0 Å². The fourth-order valence-electron chi connectivity index (χ4n) is 1.89. The third kappa shape index (κ3) is 2.82. The smallest absolute Gasteiger partial charge is 0.222 e. The quantitative estimate of drug-likeness (QED) is 0.761. The summed E-state index contributed by atoms with van der Waals surface area (Å²) in [6.07, 6.45) is 0.462. The van der Waals surface area contributed by atoms with Crippen molar-refractivity contribution in [1.29, 1.82) is 0 Å². The topological polar surface area (TPSA) is 117 Å². The van der Waals surface area contributed by atoms with Gasteiger partial charge in [0.1, 0.15) is 5.82 Å². The minimum Gasteiger partial charge on any atom is -0.502 e. The van der Waals surface area contributed by atoms with E-state index in [0.29, 0.717) is 29.4 Å². The molecule has 0 saturated carbocycles. The highest BCUT2D eigenvalue weighted by Crippen LogP contribution is 2.37. The van der Waals surface area contributed by atoms with E-state index in [1.165, 1.54) is 14.2 Å². The van der Waals surface area contributed by atoms with Gasteiger partial charge in [-0.2, -0.15) is 4.98 Å². The molecule has 1 aromatic carbocycles. The summed E-state index contributed by atoms with van der Waals surface area (Å²) in [5.41, 5.74) is 12.7. The fraction of sp³-hybridized carbons (Fsp3) is 0.231. The Balaban J connectivity index is 2.38. The monoisotopic (exact) mass is 276 g/mol. The molecule has 5 N–H and O–H groups in total. The van der Waals surface area contributed by atoms with Crippen LogP contribution in [0.2, 0.25) is 0 Å². The van der Waals surface area contributed by atoms with Gasteiger partial charge in [0.05, 0.1) is 19.9 Å². The number of nitrogens with zero attached hydrogens (tertiary/aromatic N) is 2. The molecule has 7 nitrogen and oxygen atoms in total. The number of phenols is 1. The van der Waals surface area contributed by atoms with Gasteiger partial charge in [0.25, 0.3) is 0 Å². The minimum atomic E-state index is -0.0412. The summed E-state index contributed by atoms with van der Waals surface area (Å²) in [5.74, 6) is 1.05. The van der Waals surface area contributed by atoms with Crippen molar-refractivity contribution in [3.05, 3.63) is 29.5 Å². The van der Waals surface area contributed by atoms with Gasteiger partial charge in [0.2, 0.25) is 11.7 Å². The van der Waals surface area contributed by atoms with Crippen LogP contribution < -0.4 is 20.9 Å². The van der Waals surface area contributed by atoms with E-state index in [9.17, 15) is 5.11 Å². The fourth-order valence-corrected chi connectivity index (χ4v) is 1.89. The average molecular weight is 276 g/mol. The molecule has 106 valence electrons. The number of hydrogen-bond donors (Lipinski definition) is 3. The number of hydrogen-bond acceptors (Lipinski definition) is 7. The summed E-state index contributed by atoms with van der Waals surface area (Å²) in [7, 11) is 2.94. The second-order valence-corrected chi connectivity index (χ2v) is 4.17. The van der Waals surface area contributed by atoms with Crippen molar-refractivity contribution in [2.24, 2.45) is 0 Å². The van der Waals surface area contributed by atoms with Crippen LogP contribution in [0, 0.1) is 0 Å². The zero-order valence-electron chi connectivity index (χ0n) is 11.3. The summed E-state index contributed by atoms with van der Waals surface area (Å²) in [6, 6.07) is 5.04. The lowest BCUT2D eigenvalue weighted by Crippen LogP contribution is -2.03. The number of methoxy groups -OCH3 is 2. The normalized spacial score (nSPS) is 10.3. The largest absolute Gasteiger partial charge is 0.502 e. The molecule has 0 amide bonds. The lowest BCUT2D eigenvalue weighted by Gasteiger charge is -2.11. The number of nitrogens with two attached hydrogens (primary N) is 2. The van der Waals surface area contributed by atoms with Gasteiger partial charge in [-0.15, -0.1) is 0 Å². The Kier molecular flexibility index (Phi) is 3.79. The molecule has 0 aliphatic carbocycles. The number of nitrogen functional groups attached to an aromatic ring is 2. The average Bonchev–Trinajstić information content (AvgIpc) is 2.39. The third-order valence-corrected chi connectivity index (χ3v) is 2.74. The number of benzene rings is 1. The molecule has 1 aromatic heterocycles. The van der Waals surface area contributed by atoms with Crippen LogP contribution in [0.3, 0.4) is 0 Å². The van der Waals surface area contributed by atoms with Gasteiger partial charge in [-0.25, -0.2) is 4.98 Å². The molecule has 0 spiro atoms. The van der Waals surface area contributed by atoms with E-state index in [2.05, 4.69) is 9.97 Å². The van der Waals surface area contributed by atoms with Crippen LogP contribution in [0.15, 0.2) is 18.2 Å². The molecule has 1 heterocycles. The zero-order chi connectivity index (χ0) is 14.7. The van der Waals surface area contributed by atoms with Gasteiger partial charge in [-0.05, 0) is 17.7 Å². The molecule has 0 aliphatic rings. The van der Waals surface area contributed by atoms with E-state index >= 15 is 0 Å². The van der Waals surface area contributed by atoms with Gasteiger partial charge in [0, 0.05) is 12.5 Å². The maximum absolute atomic E-state index is 9.85. The number of aromatic nitrogens is 2. The Bertz CT molecular complexity index is 586. The van der Waals surface area contributed by atoms with Gasteiger partial charge in [0.15, 0.2) is 11.5 Å². The lowest BCUT2D eigenvalue weighted by atomic mass is 10.1. The predicted octanol–water partition coefficient (Wildman–Crippen LogP) is 0.955. The van der Waals surface area contributed by atoms with Crippen molar-refractivity contribution in [2.75, 3.05) is 25.7 Å². The first kappa shape index (κ1) is 13.7. The van der Waals surface area contributed by atoms with Crippen LogP contribution in [-0.2, 0) is 6.42 Å².